The Morgan fingerprint density at radius 1 is 1.00 bits per heavy atom. The molecule has 0 amide bonds. The zero-order chi connectivity index (χ0) is 14.2. The van der Waals surface area contributed by atoms with Crippen molar-refractivity contribution in [1.29, 1.82) is 0 Å². The van der Waals surface area contributed by atoms with Crippen LogP contribution in [0.5, 0.6) is 0 Å². The van der Waals surface area contributed by atoms with Gasteiger partial charge in [0.1, 0.15) is 0 Å². The van der Waals surface area contributed by atoms with Crippen LogP contribution in [-0.4, -0.2) is 40.6 Å². The van der Waals surface area contributed by atoms with E-state index in [0.29, 0.717) is 0 Å². The number of halogens is 3. The van der Waals surface area contributed by atoms with Crippen LogP contribution in [0.15, 0.2) is 0 Å². The molecule has 0 aromatic carbocycles. The second-order valence-electron chi connectivity index (χ2n) is 1.96. The minimum atomic E-state index is -5.84. The maximum atomic E-state index is 10.7. The molecule has 3 N–H and O–H groups in total. The van der Waals surface area contributed by atoms with Gasteiger partial charge in [-0.3, -0.25) is 14.1 Å². The molecule has 0 saturated heterocycles. The molecule has 0 aromatic rings. The number of hydrogen-bond acceptors (Lipinski definition) is 4. The number of rotatable bonds is 0. The largest absolute Gasteiger partial charge is 0.522 e. The Hall–Kier alpha value is -0.698. The zero-order valence-electron chi connectivity index (χ0n) is 8.33. The Kier molecular flexibility index (Phi) is 15.5. The third kappa shape index (κ3) is 39.3. The molecule has 0 fully saturated rings. The third-order valence-electron chi connectivity index (χ3n) is 0.292. The Bertz CT molecular complexity index is 303. The molecule has 7 nitrogen and oxygen atoms in total. The molecule has 0 aliphatic rings. The summed E-state index contributed by atoms with van der Waals surface area (Å²) in [5.41, 5.74) is -5.53. The van der Waals surface area contributed by atoms with E-state index in [1.807, 2.05) is 0 Å². The van der Waals surface area contributed by atoms with Crippen LogP contribution in [0.3, 0.4) is 0 Å². The first-order chi connectivity index (χ1) is 6.71. The normalized spacial score (nSPS) is 9.53. The van der Waals surface area contributed by atoms with Crippen molar-refractivity contribution in [2.45, 2.75) is 19.4 Å². The van der Waals surface area contributed by atoms with Crippen LogP contribution in [-0.2, 0) is 40.1 Å². The minimum absolute atomic E-state index is 0. The van der Waals surface area contributed by atoms with Crippen molar-refractivity contribution in [3.05, 3.63) is 0 Å². The molecule has 0 bridgehead atoms. The second kappa shape index (κ2) is 10.5. The van der Waals surface area contributed by atoms with Gasteiger partial charge >= 0.3 is 15.6 Å². The molecule has 108 valence electrons. The molecule has 12 heteroatoms. The van der Waals surface area contributed by atoms with Crippen molar-refractivity contribution in [2.24, 2.45) is 0 Å². The van der Waals surface area contributed by atoms with Gasteiger partial charge < -0.3 is 10.2 Å². The first kappa shape index (κ1) is 25.2. The van der Waals surface area contributed by atoms with E-state index in [-0.39, 0.29) is 20.4 Å². The number of carbonyl (C=O) groups is 2. The summed E-state index contributed by atoms with van der Waals surface area (Å²) in [6, 6.07) is 0. The fraction of sp³-hybridized carbons (Fsp3) is 0.600. The Morgan fingerprint density at radius 2 is 1.06 bits per heavy atom. The third-order valence-corrected chi connectivity index (χ3v) is 0.877. The number of carboxylic acids is 2. The van der Waals surface area contributed by atoms with Gasteiger partial charge in [0, 0.05) is 34.3 Å². The molecule has 0 rings (SSSR count). The number of aliphatic carboxylic acids is 2. The SMILES string of the molecule is CC(=O)O.CC(=O)O.O=S(=O)(O)C(F)(F)F.[Pd]. The Labute approximate surface area is 108 Å². The minimum Gasteiger partial charge on any atom is -0.481 e. The van der Waals surface area contributed by atoms with Crippen molar-refractivity contribution in [3.8, 4) is 0 Å². The first-order valence-electron chi connectivity index (χ1n) is 3.14. The van der Waals surface area contributed by atoms with E-state index in [1.54, 1.807) is 0 Å². The molecule has 0 aromatic heterocycles. The van der Waals surface area contributed by atoms with Crippen molar-refractivity contribution in [3.63, 3.8) is 0 Å². The number of alkyl halides is 3. The summed E-state index contributed by atoms with van der Waals surface area (Å²) in [5, 5.41) is 14.8. The summed E-state index contributed by atoms with van der Waals surface area (Å²) in [7, 11) is -5.84. The van der Waals surface area contributed by atoms with Crippen LogP contribution in [0.2, 0.25) is 0 Å². The predicted molar refractivity (Wildman–Crippen MR) is 44.2 cm³/mol. The summed E-state index contributed by atoms with van der Waals surface area (Å²) >= 11 is 0. The maximum absolute atomic E-state index is 10.7. The van der Waals surface area contributed by atoms with Crippen LogP contribution in [0.1, 0.15) is 13.8 Å². The quantitative estimate of drug-likeness (QED) is 0.320. The van der Waals surface area contributed by atoms with Crippen LogP contribution >= 0.6 is 0 Å². The maximum Gasteiger partial charge on any atom is 0.522 e. The predicted octanol–water partition coefficient (Wildman–Crippen LogP) is 0.573. The molecule has 0 saturated carbocycles. The molecule has 0 unspecified atom stereocenters. The number of carboxylic acid groups (broad SMARTS) is 2. The van der Waals surface area contributed by atoms with Gasteiger partial charge in [-0.05, 0) is 0 Å². The molecule has 0 heterocycles. The smallest absolute Gasteiger partial charge is 0.481 e. The van der Waals surface area contributed by atoms with E-state index in [1.165, 1.54) is 0 Å². The summed E-state index contributed by atoms with van der Waals surface area (Å²) in [4.78, 5) is 18.0. The van der Waals surface area contributed by atoms with Crippen LogP contribution in [0, 0.1) is 0 Å². The van der Waals surface area contributed by atoms with E-state index in [9.17, 15) is 13.2 Å². The fourth-order valence-electron chi connectivity index (χ4n) is 0. The molecule has 0 radical (unpaired) electrons. The van der Waals surface area contributed by atoms with E-state index >= 15 is 0 Å². The average molecular weight is 377 g/mol. The summed E-state index contributed by atoms with van der Waals surface area (Å²) in [6.45, 7) is 2.17. The number of hydrogen-bond donors (Lipinski definition) is 3. The summed E-state index contributed by atoms with van der Waals surface area (Å²) in [6.07, 6.45) is 0. The molecule has 0 aliphatic heterocycles. The molecule has 17 heavy (non-hydrogen) atoms. The fourth-order valence-corrected chi connectivity index (χ4v) is 0. The van der Waals surface area contributed by atoms with E-state index < -0.39 is 27.6 Å². The topological polar surface area (TPSA) is 129 Å². The Morgan fingerprint density at radius 3 is 1.06 bits per heavy atom. The van der Waals surface area contributed by atoms with Crippen LogP contribution in [0.4, 0.5) is 13.2 Å². The standard InChI is InChI=1S/2C2H4O2.CHF3O3S.Pd/c2*1-2(3)4;2-1(3,4)8(5,6)7;/h2*1H3,(H,3,4);(H,5,6,7);. The van der Waals surface area contributed by atoms with E-state index in [4.69, 9.17) is 32.8 Å². The van der Waals surface area contributed by atoms with Gasteiger partial charge in [0.2, 0.25) is 0 Å². The first-order valence-corrected chi connectivity index (χ1v) is 4.58. The van der Waals surface area contributed by atoms with Crippen molar-refractivity contribution >= 4 is 22.1 Å². The monoisotopic (exact) mass is 376 g/mol. The molecular formula is C5H9F3O7PdS. The summed E-state index contributed by atoms with van der Waals surface area (Å²) < 4.78 is 57.5. The molecule has 0 spiro atoms. The zero-order valence-corrected chi connectivity index (χ0v) is 10.7. The van der Waals surface area contributed by atoms with Gasteiger partial charge in [0.25, 0.3) is 11.9 Å². The van der Waals surface area contributed by atoms with Crippen LogP contribution < -0.4 is 0 Å². The van der Waals surface area contributed by atoms with Gasteiger partial charge in [-0.2, -0.15) is 21.6 Å². The van der Waals surface area contributed by atoms with Gasteiger partial charge in [-0.25, -0.2) is 0 Å². The van der Waals surface area contributed by atoms with E-state index in [2.05, 4.69) is 0 Å². The summed E-state index contributed by atoms with van der Waals surface area (Å²) in [5.74, 6) is -1.67. The van der Waals surface area contributed by atoms with Gasteiger partial charge in [0.15, 0.2) is 0 Å². The van der Waals surface area contributed by atoms with Crippen molar-refractivity contribution < 1.29 is 66.4 Å². The average Bonchev–Trinajstić information content (AvgIpc) is 1.76. The van der Waals surface area contributed by atoms with Gasteiger partial charge in [0.05, 0.1) is 0 Å². The van der Waals surface area contributed by atoms with Gasteiger partial charge in [-0.15, -0.1) is 0 Å². The Balaban J connectivity index is -0.0000000806. The van der Waals surface area contributed by atoms with Crippen LogP contribution in [0.25, 0.3) is 0 Å². The molecular weight excluding hydrogens is 368 g/mol. The van der Waals surface area contributed by atoms with Crippen molar-refractivity contribution in [1.82, 2.24) is 0 Å². The van der Waals surface area contributed by atoms with E-state index in [0.717, 1.165) is 13.8 Å². The molecule has 0 aliphatic carbocycles. The second-order valence-corrected chi connectivity index (χ2v) is 3.37. The van der Waals surface area contributed by atoms with Gasteiger partial charge in [-0.1, -0.05) is 0 Å². The van der Waals surface area contributed by atoms with Crippen molar-refractivity contribution in [2.75, 3.05) is 0 Å². The molecule has 0 atom stereocenters.